The fourth-order valence-corrected chi connectivity index (χ4v) is 2.57. The third-order valence-electron chi connectivity index (χ3n) is 3.05. The molecule has 0 aliphatic rings. The zero-order chi connectivity index (χ0) is 15.8. The van der Waals surface area contributed by atoms with Crippen molar-refractivity contribution in [3.05, 3.63) is 76.8 Å². The summed E-state index contributed by atoms with van der Waals surface area (Å²) < 4.78 is 5.93. The van der Waals surface area contributed by atoms with E-state index < -0.39 is 0 Å². The molecule has 0 aliphatic heterocycles. The summed E-state index contributed by atoms with van der Waals surface area (Å²) in [6, 6.07) is 17.7. The van der Waals surface area contributed by atoms with E-state index in [1.807, 2.05) is 60.7 Å². The smallest absolute Gasteiger partial charge is 0.330 e. The summed E-state index contributed by atoms with van der Waals surface area (Å²) in [5, 5.41) is 3.41. The zero-order valence-electron chi connectivity index (χ0n) is 12.3. The lowest BCUT2D eigenvalue weighted by Crippen LogP contribution is -2.10. The number of benzene rings is 2. The third-order valence-corrected chi connectivity index (χ3v) is 3.77. The molecule has 0 saturated carbocycles. The molecule has 2 rings (SSSR count). The Morgan fingerprint density at radius 1 is 1.18 bits per heavy atom. The molecule has 2 aromatic carbocycles. The van der Waals surface area contributed by atoms with Crippen molar-refractivity contribution in [2.45, 2.75) is 13.0 Å². The number of ether oxygens (including phenoxy) is 1. The molecule has 1 N–H and O–H groups in total. The average Bonchev–Trinajstić information content (AvgIpc) is 2.53. The summed E-state index contributed by atoms with van der Waals surface area (Å²) in [7, 11) is 0. The van der Waals surface area contributed by atoms with Gasteiger partial charge in [0.1, 0.15) is 0 Å². The summed E-state index contributed by atoms with van der Waals surface area (Å²) >= 11 is 3.56. The van der Waals surface area contributed by atoms with E-state index in [1.165, 1.54) is 6.08 Å². The Morgan fingerprint density at radius 2 is 1.86 bits per heavy atom. The number of halogens is 1. The van der Waals surface area contributed by atoms with E-state index in [4.69, 9.17) is 4.74 Å². The van der Waals surface area contributed by atoms with Gasteiger partial charge in [-0.2, -0.15) is 0 Å². The van der Waals surface area contributed by atoms with Crippen LogP contribution in [0.2, 0.25) is 0 Å². The Hall–Kier alpha value is -2.07. The molecule has 22 heavy (non-hydrogen) atoms. The molecular formula is C18H18BrNO2. The number of carbonyl (C=O) groups is 1. The fourth-order valence-electron chi connectivity index (χ4n) is 2.04. The minimum atomic E-state index is -0.339. The molecule has 0 saturated heterocycles. The Bertz CT molecular complexity index is 641. The summed E-state index contributed by atoms with van der Waals surface area (Å²) in [6.07, 6.45) is 3.27. The van der Waals surface area contributed by atoms with Crippen LogP contribution in [-0.2, 0) is 9.53 Å². The predicted octanol–water partition coefficient (Wildman–Crippen LogP) is 4.72. The first-order valence-electron chi connectivity index (χ1n) is 7.11. The van der Waals surface area contributed by atoms with E-state index in [2.05, 4.69) is 21.2 Å². The fraction of sp³-hybridized carbons (Fsp3) is 0.167. The molecule has 0 bridgehead atoms. The highest BCUT2D eigenvalue weighted by molar-refractivity contribution is 9.10. The topological polar surface area (TPSA) is 38.3 Å². The average molecular weight is 360 g/mol. The monoisotopic (exact) mass is 359 g/mol. The largest absolute Gasteiger partial charge is 0.463 e. The van der Waals surface area contributed by atoms with Crippen molar-refractivity contribution in [1.82, 2.24) is 0 Å². The highest BCUT2D eigenvalue weighted by atomic mass is 79.9. The minimum Gasteiger partial charge on any atom is -0.463 e. The van der Waals surface area contributed by atoms with Crippen LogP contribution in [0.3, 0.4) is 0 Å². The molecule has 0 spiro atoms. The van der Waals surface area contributed by atoms with Gasteiger partial charge in [0.15, 0.2) is 0 Å². The number of esters is 1. The van der Waals surface area contributed by atoms with Gasteiger partial charge in [0, 0.05) is 16.2 Å². The molecule has 0 radical (unpaired) electrons. The molecular weight excluding hydrogens is 342 g/mol. The highest BCUT2D eigenvalue weighted by Gasteiger charge is 2.11. The molecule has 0 heterocycles. The van der Waals surface area contributed by atoms with E-state index in [9.17, 15) is 4.79 Å². The molecule has 0 amide bonds. The molecule has 114 valence electrons. The maximum Gasteiger partial charge on any atom is 0.330 e. The van der Waals surface area contributed by atoms with Gasteiger partial charge in [-0.3, -0.25) is 0 Å². The van der Waals surface area contributed by atoms with Crippen molar-refractivity contribution in [2.75, 3.05) is 11.9 Å². The number of carbonyl (C=O) groups excluding carboxylic acids is 1. The van der Waals surface area contributed by atoms with Crippen LogP contribution >= 0.6 is 15.9 Å². The van der Waals surface area contributed by atoms with Gasteiger partial charge in [-0.25, -0.2) is 4.79 Å². The number of para-hydroxylation sites is 1. The van der Waals surface area contributed by atoms with Gasteiger partial charge < -0.3 is 10.1 Å². The Labute approximate surface area is 139 Å². The Kier molecular flexibility index (Phi) is 6.22. The van der Waals surface area contributed by atoms with Crippen molar-refractivity contribution in [1.29, 1.82) is 0 Å². The quantitative estimate of drug-likeness (QED) is 0.598. The first kappa shape index (κ1) is 16.3. The molecule has 0 aliphatic carbocycles. The normalized spacial score (nSPS) is 12.1. The van der Waals surface area contributed by atoms with E-state index in [0.29, 0.717) is 6.61 Å². The molecule has 0 aromatic heterocycles. The number of rotatable bonds is 6. The third kappa shape index (κ3) is 4.74. The summed E-state index contributed by atoms with van der Waals surface area (Å²) in [4.78, 5) is 11.6. The predicted molar refractivity (Wildman–Crippen MR) is 92.7 cm³/mol. The molecule has 0 fully saturated rings. The lowest BCUT2D eigenvalue weighted by atomic mass is 10.1. The van der Waals surface area contributed by atoms with Gasteiger partial charge in [0.25, 0.3) is 0 Å². The SMILES string of the molecule is CCOC(=O)/C=C/C(Nc1ccccc1)c1ccccc1Br. The molecule has 4 heteroatoms. The Balaban J connectivity index is 2.25. The van der Waals surface area contributed by atoms with E-state index >= 15 is 0 Å². The summed E-state index contributed by atoms with van der Waals surface area (Å²) in [6.45, 7) is 2.16. The van der Waals surface area contributed by atoms with Crippen LogP contribution in [0, 0.1) is 0 Å². The second kappa shape index (κ2) is 8.39. The van der Waals surface area contributed by atoms with Crippen LogP contribution < -0.4 is 5.32 Å². The Morgan fingerprint density at radius 3 is 2.55 bits per heavy atom. The zero-order valence-corrected chi connectivity index (χ0v) is 13.9. The van der Waals surface area contributed by atoms with Gasteiger partial charge in [-0.15, -0.1) is 0 Å². The molecule has 1 unspecified atom stereocenters. The van der Waals surface area contributed by atoms with Crippen LogP contribution in [0.1, 0.15) is 18.5 Å². The van der Waals surface area contributed by atoms with Gasteiger partial charge in [-0.05, 0) is 30.7 Å². The second-order valence-corrected chi connectivity index (χ2v) is 5.48. The second-order valence-electron chi connectivity index (χ2n) is 4.62. The van der Waals surface area contributed by atoms with Crippen LogP contribution in [0.5, 0.6) is 0 Å². The van der Waals surface area contributed by atoms with Crippen molar-refractivity contribution in [3.8, 4) is 0 Å². The number of nitrogens with one attached hydrogen (secondary N) is 1. The lowest BCUT2D eigenvalue weighted by Gasteiger charge is -2.18. The maximum atomic E-state index is 11.6. The van der Waals surface area contributed by atoms with Crippen molar-refractivity contribution in [2.24, 2.45) is 0 Å². The first-order chi connectivity index (χ1) is 10.7. The van der Waals surface area contributed by atoms with Gasteiger partial charge in [0.05, 0.1) is 12.6 Å². The molecule has 1 atom stereocenters. The minimum absolute atomic E-state index is 0.137. The van der Waals surface area contributed by atoms with Crippen LogP contribution in [0.25, 0.3) is 0 Å². The first-order valence-corrected chi connectivity index (χ1v) is 7.91. The van der Waals surface area contributed by atoms with Crippen molar-refractivity contribution in [3.63, 3.8) is 0 Å². The summed E-state index contributed by atoms with van der Waals surface area (Å²) in [5.74, 6) is -0.339. The van der Waals surface area contributed by atoms with Gasteiger partial charge in [0.2, 0.25) is 0 Å². The van der Waals surface area contributed by atoms with Crippen LogP contribution in [-0.4, -0.2) is 12.6 Å². The standard InChI is InChI=1S/C18H18BrNO2/c1-2-22-18(21)13-12-17(15-10-6-7-11-16(15)19)20-14-8-4-3-5-9-14/h3-13,17,20H,2H2,1H3/b13-12+. The lowest BCUT2D eigenvalue weighted by molar-refractivity contribution is -0.137. The maximum absolute atomic E-state index is 11.6. The van der Waals surface area contributed by atoms with E-state index in [1.54, 1.807) is 6.92 Å². The van der Waals surface area contributed by atoms with E-state index in [-0.39, 0.29) is 12.0 Å². The molecule has 3 nitrogen and oxygen atoms in total. The van der Waals surface area contributed by atoms with Crippen molar-refractivity contribution < 1.29 is 9.53 Å². The van der Waals surface area contributed by atoms with Crippen LogP contribution in [0.4, 0.5) is 5.69 Å². The van der Waals surface area contributed by atoms with E-state index in [0.717, 1.165) is 15.7 Å². The van der Waals surface area contributed by atoms with Crippen LogP contribution in [0.15, 0.2) is 71.2 Å². The number of hydrogen-bond donors (Lipinski definition) is 1. The summed E-state index contributed by atoms with van der Waals surface area (Å²) in [5.41, 5.74) is 2.03. The van der Waals surface area contributed by atoms with Crippen molar-refractivity contribution >= 4 is 27.6 Å². The highest BCUT2D eigenvalue weighted by Crippen LogP contribution is 2.27. The molecule has 2 aromatic rings. The number of anilines is 1. The number of hydrogen-bond acceptors (Lipinski definition) is 3. The van der Waals surface area contributed by atoms with Gasteiger partial charge in [-0.1, -0.05) is 58.4 Å². The van der Waals surface area contributed by atoms with Gasteiger partial charge >= 0.3 is 5.97 Å².